The molecule has 3 aromatic rings. The monoisotopic (exact) mass is 476 g/mol. The molecule has 7 heteroatoms. The molecule has 0 bridgehead atoms. The summed E-state index contributed by atoms with van der Waals surface area (Å²) in [6.07, 6.45) is 0.154. The summed E-state index contributed by atoms with van der Waals surface area (Å²) >= 11 is 0. The van der Waals surface area contributed by atoms with Crippen LogP contribution in [0.3, 0.4) is 0 Å². The Labute approximate surface area is 204 Å². The van der Waals surface area contributed by atoms with Crippen LogP contribution in [0.1, 0.15) is 42.6 Å². The lowest BCUT2D eigenvalue weighted by atomic mass is 9.89. The first-order valence-corrected chi connectivity index (χ1v) is 11.3. The molecule has 35 heavy (non-hydrogen) atoms. The maximum atomic E-state index is 13.8. The maximum Gasteiger partial charge on any atom is 0.326 e. The number of carbonyl (C=O) groups is 3. The molecule has 0 radical (unpaired) electrons. The first-order valence-electron chi connectivity index (χ1n) is 11.3. The molecule has 0 heterocycles. The van der Waals surface area contributed by atoms with E-state index in [4.69, 9.17) is 5.73 Å². The van der Waals surface area contributed by atoms with Crippen molar-refractivity contribution in [1.82, 2.24) is 4.90 Å². The Morgan fingerprint density at radius 1 is 0.914 bits per heavy atom. The zero-order valence-electron chi connectivity index (χ0n) is 19.8. The zero-order chi connectivity index (χ0) is 25.6. The van der Waals surface area contributed by atoms with Crippen molar-refractivity contribution in [3.05, 3.63) is 95.8 Å². The van der Waals surface area contributed by atoms with Gasteiger partial charge in [-0.25, -0.2) is 9.18 Å². The molecule has 182 valence electrons. The van der Waals surface area contributed by atoms with Crippen molar-refractivity contribution in [2.75, 3.05) is 0 Å². The van der Waals surface area contributed by atoms with Crippen molar-refractivity contribution >= 4 is 17.8 Å². The van der Waals surface area contributed by atoms with Gasteiger partial charge in [-0.1, -0.05) is 54.6 Å². The molecule has 3 rings (SSSR count). The Bertz CT molecular complexity index is 1180. The average Bonchev–Trinajstić information content (AvgIpc) is 2.82. The number of primary amides is 1. The van der Waals surface area contributed by atoms with Crippen LogP contribution in [-0.2, 0) is 16.0 Å². The van der Waals surface area contributed by atoms with Crippen LogP contribution in [-0.4, -0.2) is 39.4 Å². The summed E-state index contributed by atoms with van der Waals surface area (Å²) in [5.74, 6) is -2.64. The second kappa shape index (κ2) is 11.0. The second-order valence-electron chi connectivity index (χ2n) is 9.09. The van der Waals surface area contributed by atoms with Gasteiger partial charge in [-0.2, -0.15) is 0 Å². The number of aliphatic carboxylic acids is 1. The lowest BCUT2D eigenvalue weighted by Gasteiger charge is -2.42. The molecule has 0 aliphatic rings. The quantitative estimate of drug-likeness (QED) is 0.444. The maximum absolute atomic E-state index is 13.8. The molecule has 0 saturated carbocycles. The molecule has 1 atom stereocenters. The lowest BCUT2D eigenvalue weighted by molar-refractivity contribution is -0.144. The van der Waals surface area contributed by atoms with E-state index in [1.165, 1.54) is 17.0 Å². The molecule has 0 saturated heterocycles. The predicted octanol–water partition coefficient (Wildman–Crippen LogP) is 4.67. The number of nitrogens with two attached hydrogens (primary N) is 1. The second-order valence-corrected chi connectivity index (χ2v) is 9.09. The molecule has 0 aromatic heterocycles. The normalized spacial score (nSPS) is 12.1. The number of carboxylic acids is 1. The Balaban J connectivity index is 1.97. The summed E-state index contributed by atoms with van der Waals surface area (Å²) < 4.78 is 13.3. The average molecular weight is 477 g/mol. The highest BCUT2D eigenvalue weighted by molar-refractivity contribution is 5.97. The number of carbonyl (C=O) groups excluding carboxylic acids is 2. The fourth-order valence-corrected chi connectivity index (χ4v) is 4.25. The van der Waals surface area contributed by atoms with Gasteiger partial charge in [-0.15, -0.1) is 0 Å². The van der Waals surface area contributed by atoms with Crippen LogP contribution in [0.15, 0.2) is 78.9 Å². The van der Waals surface area contributed by atoms with E-state index in [0.717, 1.165) is 16.7 Å². The molecule has 0 unspecified atom stereocenters. The number of amides is 2. The number of hydrogen-bond donors (Lipinski definition) is 2. The van der Waals surface area contributed by atoms with Gasteiger partial charge >= 0.3 is 5.97 Å². The number of nitrogens with zero attached hydrogens (tertiary/aromatic N) is 1. The Morgan fingerprint density at radius 3 is 1.97 bits per heavy atom. The summed E-state index contributed by atoms with van der Waals surface area (Å²) in [5, 5.41) is 10.0. The van der Waals surface area contributed by atoms with E-state index in [2.05, 4.69) is 0 Å². The SMILES string of the molecule is CC(C)(Cc1ccccc1)N(C(=O)c1ccc(-c2ccc(F)cc2)cc1)[C@@H](CCC(N)=O)C(=O)O. The molecule has 0 fully saturated rings. The topological polar surface area (TPSA) is 101 Å². The highest BCUT2D eigenvalue weighted by atomic mass is 19.1. The van der Waals surface area contributed by atoms with Gasteiger partial charge < -0.3 is 15.7 Å². The third kappa shape index (κ3) is 6.53. The summed E-state index contributed by atoms with van der Waals surface area (Å²) in [6, 6.07) is 21.0. The molecule has 0 aliphatic carbocycles. The van der Waals surface area contributed by atoms with Crippen LogP contribution in [0.5, 0.6) is 0 Å². The number of hydrogen-bond acceptors (Lipinski definition) is 3. The minimum absolute atomic E-state index is 0.0950. The summed E-state index contributed by atoms with van der Waals surface area (Å²) in [7, 11) is 0. The highest BCUT2D eigenvalue weighted by Crippen LogP contribution is 2.29. The third-order valence-corrected chi connectivity index (χ3v) is 5.92. The predicted molar refractivity (Wildman–Crippen MR) is 132 cm³/mol. The van der Waals surface area contributed by atoms with Crippen molar-refractivity contribution in [2.24, 2.45) is 5.73 Å². The highest BCUT2D eigenvalue weighted by Gasteiger charge is 2.40. The van der Waals surface area contributed by atoms with Crippen molar-refractivity contribution < 1.29 is 23.9 Å². The Kier molecular flexibility index (Phi) is 8.02. The first-order chi connectivity index (χ1) is 16.6. The van der Waals surface area contributed by atoms with Crippen LogP contribution >= 0.6 is 0 Å². The minimum Gasteiger partial charge on any atom is -0.480 e. The summed E-state index contributed by atoms with van der Waals surface area (Å²) in [4.78, 5) is 38.8. The fraction of sp³-hybridized carbons (Fsp3) is 0.250. The van der Waals surface area contributed by atoms with E-state index in [0.29, 0.717) is 12.0 Å². The number of rotatable bonds is 10. The minimum atomic E-state index is -1.24. The smallest absolute Gasteiger partial charge is 0.326 e. The van der Waals surface area contributed by atoms with Crippen LogP contribution in [0, 0.1) is 5.82 Å². The van der Waals surface area contributed by atoms with Crippen LogP contribution in [0.25, 0.3) is 11.1 Å². The van der Waals surface area contributed by atoms with Gasteiger partial charge in [-0.3, -0.25) is 9.59 Å². The third-order valence-electron chi connectivity index (χ3n) is 5.92. The molecule has 2 amide bonds. The van der Waals surface area contributed by atoms with E-state index < -0.39 is 29.4 Å². The van der Waals surface area contributed by atoms with Crippen molar-refractivity contribution in [3.8, 4) is 11.1 Å². The van der Waals surface area contributed by atoms with E-state index >= 15 is 0 Å². The molecular formula is C28H29FN2O4. The molecule has 3 aromatic carbocycles. The zero-order valence-corrected chi connectivity index (χ0v) is 19.8. The van der Waals surface area contributed by atoms with Gasteiger partial charge in [0, 0.05) is 17.5 Å². The van der Waals surface area contributed by atoms with Crippen LogP contribution in [0.4, 0.5) is 4.39 Å². The van der Waals surface area contributed by atoms with Gasteiger partial charge in [0.05, 0.1) is 0 Å². The standard InChI is InChI=1S/C28H29FN2O4/c1-28(2,18-19-6-4-3-5-7-19)31(24(27(34)35)16-17-25(30)32)26(33)22-10-8-20(9-11-22)21-12-14-23(29)15-13-21/h3-15,24H,16-18H2,1-2H3,(H2,30,32)(H,34,35)/t24-/m0/s1. The largest absolute Gasteiger partial charge is 0.480 e. The van der Waals surface area contributed by atoms with Crippen molar-refractivity contribution in [2.45, 2.75) is 44.7 Å². The molecule has 0 aliphatic heterocycles. The lowest BCUT2D eigenvalue weighted by Crippen LogP contribution is -2.57. The van der Waals surface area contributed by atoms with Gasteiger partial charge in [-0.05, 0) is 67.6 Å². The van der Waals surface area contributed by atoms with Crippen molar-refractivity contribution in [1.29, 1.82) is 0 Å². The first kappa shape index (κ1) is 25.6. The Hall–Kier alpha value is -4.00. The van der Waals surface area contributed by atoms with Crippen molar-refractivity contribution in [3.63, 3.8) is 0 Å². The summed E-state index contributed by atoms with van der Waals surface area (Å²) in [6.45, 7) is 3.62. The van der Waals surface area contributed by atoms with E-state index in [-0.39, 0.29) is 18.7 Å². The number of benzene rings is 3. The number of carboxylic acid groups (broad SMARTS) is 1. The van der Waals surface area contributed by atoms with Crippen LogP contribution in [0.2, 0.25) is 0 Å². The van der Waals surface area contributed by atoms with Gasteiger partial charge in [0.15, 0.2) is 0 Å². The number of halogens is 1. The van der Waals surface area contributed by atoms with Gasteiger partial charge in [0.1, 0.15) is 11.9 Å². The summed E-state index contributed by atoms with van der Waals surface area (Å²) in [5.41, 5.74) is 7.22. The molecular weight excluding hydrogens is 447 g/mol. The molecule has 6 nitrogen and oxygen atoms in total. The van der Waals surface area contributed by atoms with Crippen LogP contribution < -0.4 is 5.73 Å². The van der Waals surface area contributed by atoms with E-state index in [1.54, 1.807) is 36.4 Å². The van der Waals surface area contributed by atoms with E-state index in [9.17, 15) is 23.9 Å². The molecule has 0 spiro atoms. The fourth-order valence-electron chi connectivity index (χ4n) is 4.25. The van der Waals surface area contributed by atoms with Gasteiger partial charge in [0.25, 0.3) is 5.91 Å². The molecule has 3 N–H and O–H groups in total. The van der Waals surface area contributed by atoms with E-state index in [1.807, 2.05) is 44.2 Å². The van der Waals surface area contributed by atoms with Gasteiger partial charge in [0.2, 0.25) is 5.91 Å². The Morgan fingerprint density at radius 2 is 1.46 bits per heavy atom.